The van der Waals surface area contributed by atoms with Crippen molar-refractivity contribution in [3.05, 3.63) is 11.3 Å². The average Bonchev–Trinajstić information content (AvgIpc) is 2.91. The van der Waals surface area contributed by atoms with Crippen molar-refractivity contribution in [2.75, 3.05) is 26.7 Å². The molecule has 106 valence electrons. The first kappa shape index (κ1) is 12.9. The first-order valence-corrected chi connectivity index (χ1v) is 7.21. The third-order valence-corrected chi connectivity index (χ3v) is 4.54. The van der Waals surface area contributed by atoms with E-state index in [0.29, 0.717) is 6.04 Å². The topological polar surface area (TPSA) is 42.3 Å². The summed E-state index contributed by atoms with van der Waals surface area (Å²) in [6.07, 6.45) is 2.70. The molecular weight excluding hydrogens is 240 g/mol. The number of piperidine rings is 1. The van der Waals surface area contributed by atoms with Gasteiger partial charge in [-0.15, -0.1) is 0 Å². The van der Waals surface area contributed by atoms with Gasteiger partial charge in [0.1, 0.15) is 0 Å². The number of hydrogen-bond acceptors (Lipinski definition) is 4. The predicted octanol–water partition coefficient (Wildman–Crippen LogP) is 0.921. The number of nitrogens with zero attached hydrogens (tertiary/aromatic N) is 3. The first-order valence-electron chi connectivity index (χ1n) is 7.21. The van der Waals surface area contributed by atoms with Gasteiger partial charge in [0, 0.05) is 32.7 Å². The van der Waals surface area contributed by atoms with Gasteiger partial charge in [-0.1, -0.05) is 0 Å². The maximum absolute atomic E-state index is 5.48. The maximum atomic E-state index is 5.48. The van der Waals surface area contributed by atoms with Crippen LogP contribution in [0.25, 0.3) is 0 Å². The van der Waals surface area contributed by atoms with E-state index in [2.05, 4.69) is 22.2 Å². The number of hydrogen-bond donors (Lipinski definition) is 1. The highest BCUT2D eigenvalue weighted by Gasteiger charge is 2.34. The molecule has 1 N–H and O–H groups in total. The van der Waals surface area contributed by atoms with Crippen LogP contribution in [0.2, 0.25) is 0 Å². The summed E-state index contributed by atoms with van der Waals surface area (Å²) in [6, 6.07) is 0.691. The van der Waals surface area contributed by atoms with Crippen LogP contribution in [-0.4, -0.2) is 47.5 Å². The number of methoxy groups -OCH3 is 1. The Morgan fingerprint density at radius 1 is 1.42 bits per heavy atom. The van der Waals surface area contributed by atoms with Gasteiger partial charge in [-0.05, 0) is 32.2 Å². The highest BCUT2D eigenvalue weighted by Crippen LogP contribution is 2.29. The van der Waals surface area contributed by atoms with Gasteiger partial charge in [0.2, 0.25) is 5.88 Å². The van der Waals surface area contributed by atoms with E-state index in [0.717, 1.165) is 30.6 Å². The van der Waals surface area contributed by atoms with E-state index in [9.17, 15) is 0 Å². The second-order valence-corrected chi connectivity index (χ2v) is 5.85. The van der Waals surface area contributed by atoms with Crippen LogP contribution in [0.5, 0.6) is 5.88 Å². The summed E-state index contributed by atoms with van der Waals surface area (Å²) in [5.74, 6) is 1.73. The van der Waals surface area contributed by atoms with Gasteiger partial charge in [-0.25, -0.2) is 4.68 Å². The van der Waals surface area contributed by atoms with E-state index in [1.165, 1.54) is 31.5 Å². The molecule has 0 amide bonds. The Morgan fingerprint density at radius 3 is 3.00 bits per heavy atom. The monoisotopic (exact) mass is 264 g/mol. The van der Waals surface area contributed by atoms with E-state index >= 15 is 0 Å². The van der Waals surface area contributed by atoms with Gasteiger partial charge >= 0.3 is 0 Å². The molecule has 0 aliphatic carbocycles. The molecule has 2 fully saturated rings. The lowest BCUT2D eigenvalue weighted by molar-refractivity contribution is 0.301. The van der Waals surface area contributed by atoms with Crippen LogP contribution < -0.4 is 10.1 Å². The fraction of sp³-hybridized carbons (Fsp3) is 0.786. The molecule has 0 spiro atoms. The van der Waals surface area contributed by atoms with Crippen molar-refractivity contribution < 1.29 is 4.74 Å². The van der Waals surface area contributed by atoms with Crippen molar-refractivity contribution >= 4 is 0 Å². The molecule has 2 aliphatic rings. The summed E-state index contributed by atoms with van der Waals surface area (Å²) in [7, 11) is 3.67. The Kier molecular flexibility index (Phi) is 3.50. The molecule has 1 aromatic heterocycles. The van der Waals surface area contributed by atoms with Gasteiger partial charge in [0.25, 0.3) is 0 Å². The number of nitrogens with one attached hydrogen (secondary N) is 1. The van der Waals surface area contributed by atoms with Crippen molar-refractivity contribution in [2.45, 2.75) is 32.4 Å². The van der Waals surface area contributed by atoms with Crippen molar-refractivity contribution in [3.8, 4) is 5.88 Å². The smallest absolute Gasteiger partial charge is 0.216 e. The zero-order valence-electron chi connectivity index (χ0n) is 12.1. The van der Waals surface area contributed by atoms with Crippen LogP contribution in [0.3, 0.4) is 0 Å². The molecule has 3 heterocycles. The number of ether oxygens (including phenoxy) is 1. The molecule has 0 radical (unpaired) electrons. The number of likely N-dealkylation sites (tertiary alicyclic amines) is 1. The fourth-order valence-electron chi connectivity index (χ4n) is 3.61. The lowest BCUT2D eigenvalue weighted by Crippen LogP contribution is -2.40. The van der Waals surface area contributed by atoms with Gasteiger partial charge in [0.15, 0.2) is 0 Å². The summed E-state index contributed by atoms with van der Waals surface area (Å²) < 4.78 is 7.32. The molecule has 5 heteroatoms. The number of aromatic nitrogens is 2. The maximum Gasteiger partial charge on any atom is 0.216 e. The van der Waals surface area contributed by atoms with Gasteiger partial charge in [-0.2, -0.15) is 5.10 Å². The van der Waals surface area contributed by atoms with Gasteiger partial charge in [-0.3, -0.25) is 4.90 Å². The molecular formula is C14H24N4O. The molecule has 3 rings (SSSR count). The Labute approximate surface area is 114 Å². The van der Waals surface area contributed by atoms with Crippen LogP contribution in [-0.2, 0) is 13.6 Å². The Balaban J connectivity index is 1.72. The molecule has 19 heavy (non-hydrogen) atoms. The molecule has 2 saturated heterocycles. The van der Waals surface area contributed by atoms with Crippen LogP contribution >= 0.6 is 0 Å². The zero-order chi connectivity index (χ0) is 13.4. The number of aryl methyl sites for hydroxylation is 2. The van der Waals surface area contributed by atoms with Crippen LogP contribution in [0, 0.1) is 12.8 Å². The van der Waals surface area contributed by atoms with E-state index in [4.69, 9.17) is 4.74 Å². The summed E-state index contributed by atoms with van der Waals surface area (Å²) >= 11 is 0. The summed E-state index contributed by atoms with van der Waals surface area (Å²) in [5.41, 5.74) is 2.32. The van der Waals surface area contributed by atoms with Crippen molar-refractivity contribution in [2.24, 2.45) is 13.0 Å². The summed E-state index contributed by atoms with van der Waals surface area (Å²) in [5, 5.41) is 8.12. The van der Waals surface area contributed by atoms with Crippen molar-refractivity contribution in [3.63, 3.8) is 0 Å². The van der Waals surface area contributed by atoms with Crippen LogP contribution in [0.15, 0.2) is 0 Å². The van der Waals surface area contributed by atoms with Crippen LogP contribution in [0.4, 0.5) is 0 Å². The highest BCUT2D eigenvalue weighted by molar-refractivity contribution is 5.31. The normalized spacial score (nSPS) is 27.5. The average molecular weight is 264 g/mol. The number of fused-ring (bicyclic) bond motifs is 1. The fourth-order valence-corrected chi connectivity index (χ4v) is 3.61. The molecule has 0 unspecified atom stereocenters. The summed E-state index contributed by atoms with van der Waals surface area (Å²) in [6.45, 7) is 6.57. The molecule has 0 bridgehead atoms. The highest BCUT2D eigenvalue weighted by atomic mass is 16.5. The van der Waals surface area contributed by atoms with E-state index in [1.54, 1.807) is 7.11 Å². The minimum Gasteiger partial charge on any atom is -0.481 e. The summed E-state index contributed by atoms with van der Waals surface area (Å²) in [4.78, 5) is 2.54. The first-order chi connectivity index (χ1) is 9.19. The molecule has 0 saturated carbocycles. The van der Waals surface area contributed by atoms with Gasteiger partial charge in [0.05, 0.1) is 18.4 Å². The second-order valence-electron chi connectivity index (χ2n) is 5.85. The Morgan fingerprint density at radius 2 is 2.26 bits per heavy atom. The molecule has 2 aliphatic heterocycles. The van der Waals surface area contributed by atoms with Gasteiger partial charge < -0.3 is 10.1 Å². The van der Waals surface area contributed by atoms with Crippen molar-refractivity contribution in [1.29, 1.82) is 0 Å². The largest absolute Gasteiger partial charge is 0.481 e. The van der Waals surface area contributed by atoms with Crippen molar-refractivity contribution in [1.82, 2.24) is 20.0 Å². The van der Waals surface area contributed by atoms with E-state index in [-0.39, 0.29) is 0 Å². The predicted molar refractivity (Wildman–Crippen MR) is 74.3 cm³/mol. The Bertz CT molecular complexity index is 443. The molecule has 0 aromatic carbocycles. The van der Waals surface area contributed by atoms with Crippen LogP contribution in [0.1, 0.15) is 24.1 Å². The molecule has 2 atom stereocenters. The quantitative estimate of drug-likeness (QED) is 0.881. The minimum atomic E-state index is 0.691. The standard InChI is InChI=1S/C14H24N4O/c1-10-12(14(19-3)17(2)16-10)8-18-7-11-5-4-6-15-13(11)9-18/h11,13,15H,4-9H2,1-3H3/t11-,13+/m0/s1. The third kappa shape index (κ3) is 2.37. The van der Waals surface area contributed by atoms with E-state index < -0.39 is 0 Å². The minimum absolute atomic E-state index is 0.691. The number of rotatable bonds is 3. The lowest BCUT2D eigenvalue weighted by atomic mass is 9.94. The van der Waals surface area contributed by atoms with E-state index in [1.807, 2.05) is 11.7 Å². The zero-order valence-corrected chi connectivity index (χ0v) is 12.1. The third-order valence-electron chi connectivity index (χ3n) is 4.54. The Hall–Kier alpha value is -1.07. The lowest BCUT2D eigenvalue weighted by Gasteiger charge is -2.24. The second kappa shape index (κ2) is 5.13. The SMILES string of the molecule is COc1c(CN2C[C@@H]3CCCN[C@@H]3C2)c(C)nn1C. The molecule has 5 nitrogen and oxygen atoms in total. The molecule has 1 aromatic rings.